The number of aryl methyl sites for hydroxylation is 1. The Balaban J connectivity index is 0.854. The van der Waals surface area contributed by atoms with Crippen LogP contribution in [0, 0.1) is 0 Å². The Kier molecular flexibility index (Phi) is 7.89. The molecular weight excluding hydrogens is 761 g/mol. The van der Waals surface area contributed by atoms with Gasteiger partial charge in [-0.1, -0.05) is 208 Å². The maximum absolute atomic E-state index is 7.05. The van der Waals surface area contributed by atoms with Gasteiger partial charge in [-0.15, -0.1) is 0 Å². The van der Waals surface area contributed by atoms with E-state index in [4.69, 9.17) is 4.42 Å². The van der Waals surface area contributed by atoms with E-state index in [1.807, 2.05) is 0 Å². The van der Waals surface area contributed by atoms with Gasteiger partial charge in [0.15, 0.2) is 0 Å². The Labute approximate surface area is 369 Å². The second kappa shape index (κ2) is 13.6. The van der Waals surface area contributed by atoms with Crippen LogP contribution in [-0.2, 0) is 23.7 Å². The van der Waals surface area contributed by atoms with E-state index in [1.54, 1.807) is 0 Å². The Bertz CT molecular complexity index is 3410. The van der Waals surface area contributed by atoms with E-state index >= 15 is 0 Å². The summed E-state index contributed by atoms with van der Waals surface area (Å²) in [5, 5.41) is 2.36. The quantitative estimate of drug-likeness (QED) is 0.163. The van der Waals surface area contributed by atoms with E-state index in [-0.39, 0.29) is 5.41 Å². The molecule has 13 rings (SSSR count). The number of hydrogen-bond donors (Lipinski definition) is 0. The van der Waals surface area contributed by atoms with Crippen molar-refractivity contribution in [2.24, 2.45) is 0 Å². The summed E-state index contributed by atoms with van der Waals surface area (Å²) in [5.41, 5.74) is 24.3. The fourth-order valence-corrected chi connectivity index (χ4v) is 12.2. The van der Waals surface area contributed by atoms with Crippen molar-refractivity contribution in [2.45, 2.75) is 49.9 Å². The molecule has 1 atom stereocenters. The van der Waals surface area contributed by atoms with Gasteiger partial charge >= 0.3 is 0 Å². The fourth-order valence-electron chi connectivity index (χ4n) is 12.2. The monoisotopic (exact) mass is 806 g/mol. The largest absolute Gasteiger partial charge is 0.455 e. The zero-order valence-electron chi connectivity index (χ0n) is 35.7. The number of hydrogen-bond acceptors (Lipinski definition) is 1. The summed E-state index contributed by atoms with van der Waals surface area (Å²) < 4.78 is 7.05. The first-order chi connectivity index (χ1) is 31.0. The van der Waals surface area contributed by atoms with Crippen molar-refractivity contribution in [1.29, 1.82) is 0 Å². The summed E-state index contributed by atoms with van der Waals surface area (Å²) in [6.07, 6.45) is 3.05. The van der Waals surface area contributed by atoms with Crippen LogP contribution in [0.25, 0.3) is 66.4 Å². The average molecular weight is 807 g/mol. The van der Waals surface area contributed by atoms with Gasteiger partial charge in [0.05, 0.1) is 5.41 Å². The summed E-state index contributed by atoms with van der Waals surface area (Å²) >= 11 is 0. The molecule has 3 aliphatic rings. The topological polar surface area (TPSA) is 13.1 Å². The number of rotatable bonds is 6. The first-order valence-electron chi connectivity index (χ1n) is 22.7. The van der Waals surface area contributed by atoms with Gasteiger partial charge in [-0.2, -0.15) is 0 Å². The standard InChI is InChI=1S/C62H46O/c1-61(2)55-27-11-8-23-50(55)54-38-53-42(37-58(54)61)36-41(45-19-6-7-20-47(45)53)31-30-40-16-14-25-51-52-26-15-24-46(60(52)63-59(40)51)39-32-34-44(35-33-39)62(43-17-4-3-5-18-43)56-28-12-9-21-48(56)49-22-10-13-29-57(49)62/h3-29,32-35,37-38,41H,30-31,36H2,1-2H3. The highest BCUT2D eigenvalue weighted by molar-refractivity contribution is 6.10. The molecule has 0 amide bonds. The molecule has 1 aromatic heterocycles. The molecule has 1 heterocycles. The van der Waals surface area contributed by atoms with E-state index < -0.39 is 5.41 Å². The number of para-hydroxylation sites is 2. The number of fused-ring (bicyclic) bond motifs is 12. The molecule has 0 spiro atoms. The molecule has 0 bridgehead atoms. The van der Waals surface area contributed by atoms with Gasteiger partial charge in [-0.3, -0.25) is 0 Å². The van der Waals surface area contributed by atoms with Gasteiger partial charge in [-0.25, -0.2) is 0 Å². The van der Waals surface area contributed by atoms with E-state index in [2.05, 4.69) is 214 Å². The van der Waals surface area contributed by atoms with Crippen LogP contribution in [0.15, 0.2) is 205 Å². The second-order valence-corrected chi connectivity index (χ2v) is 18.6. The molecule has 0 radical (unpaired) electrons. The van der Waals surface area contributed by atoms with Gasteiger partial charge in [-0.05, 0) is 120 Å². The van der Waals surface area contributed by atoms with Crippen LogP contribution >= 0.6 is 0 Å². The molecule has 0 N–H and O–H groups in total. The number of benzene rings is 9. The molecule has 1 unspecified atom stereocenters. The van der Waals surface area contributed by atoms with E-state index in [0.29, 0.717) is 5.92 Å². The molecule has 0 saturated heterocycles. The third-order valence-corrected chi connectivity index (χ3v) is 15.1. The highest BCUT2D eigenvalue weighted by Crippen LogP contribution is 2.57. The van der Waals surface area contributed by atoms with Gasteiger partial charge < -0.3 is 4.42 Å². The lowest BCUT2D eigenvalue weighted by Crippen LogP contribution is -2.28. The predicted molar refractivity (Wildman–Crippen MR) is 261 cm³/mol. The van der Waals surface area contributed by atoms with Crippen molar-refractivity contribution in [2.75, 3.05) is 0 Å². The van der Waals surface area contributed by atoms with Crippen LogP contribution in [0.2, 0.25) is 0 Å². The minimum atomic E-state index is -0.420. The van der Waals surface area contributed by atoms with Crippen LogP contribution in [0.3, 0.4) is 0 Å². The van der Waals surface area contributed by atoms with Crippen LogP contribution < -0.4 is 0 Å². The molecule has 300 valence electrons. The molecule has 0 fully saturated rings. The van der Waals surface area contributed by atoms with Gasteiger partial charge in [0.25, 0.3) is 0 Å². The lowest BCUT2D eigenvalue weighted by molar-refractivity contribution is 0.605. The van der Waals surface area contributed by atoms with E-state index in [0.717, 1.165) is 41.6 Å². The van der Waals surface area contributed by atoms with Crippen LogP contribution in [0.1, 0.15) is 76.3 Å². The Morgan fingerprint density at radius 2 is 1.02 bits per heavy atom. The Hall–Kier alpha value is -7.22. The molecular formula is C62H46O. The first kappa shape index (κ1) is 36.4. The minimum absolute atomic E-state index is 0.00992. The van der Waals surface area contributed by atoms with Crippen molar-refractivity contribution < 1.29 is 4.42 Å². The maximum atomic E-state index is 7.05. The van der Waals surface area contributed by atoms with Crippen molar-refractivity contribution in [3.05, 3.63) is 250 Å². The highest BCUT2D eigenvalue weighted by atomic mass is 16.3. The minimum Gasteiger partial charge on any atom is -0.455 e. The molecule has 1 heteroatoms. The van der Waals surface area contributed by atoms with Crippen LogP contribution in [0.5, 0.6) is 0 Å². The van der Waals surface area contributed by atoms with Gasteiger partial charge in [0.2, 0.25) is 0 Å². The van der Waals surface area contributed by atoms with Crippen molar-refractivity contribution >= 4 is 21.9 Å². The van der Waals surface area contributed by atoms with Crippen molar-refractivity contribution in [3.8, 4) is 44.5 Å². The third kappa shape index (κ3) is 5.17. The van der Waals surface area contributed by atoms with E-state index in [9.17, 15) is 0 Å². The molecule has 3 aliphatic carbocycles. The summed E-state index contributed by atoms with van der Waals surface area (Å²) in [6.45, 7) is 4.78. The molecule has 9 aromatic carbocycles. The van der Waals surface area contributed by atoms with Crippen LogP contribution in [0.4, 0.5) is 0 Å². The summed E-state index contributed by atoms with van der Waals surface area (Å²) in [5.74, 6) is 0.422. The normalized spacial score (nSPS) is 15.9. The zero-order chi connectivity index (χ0) is 41.9. The second-order valence-electron chi connectivity index (χ2n) is 18.6. The van der Waals surface area contributed by atoms with E-state index in [1.165, 1.54) is 94.2 Å². The Morgan fingerprint density at radius 1 is 0.444 bits per heavy atom. The maximum Gasteiger partial charge on any atom is 0.143 e. The summed E-state index contributed by atoms with van der Waals surface area (Å²) in [7, 11) is 0. The summed E-state index contributed by atoms with van der Waals surface area (Å²) in [4.78, 5) is 0. The number of furan rings is 1. The van der Waals surface area contributed by atoms with Gasteiger partial charge in [0, 0.05) is 21.8 Å². The SMILES string of the molecule is CC1(C)c2ccccc2-c2cc3c(cc21)CC(CCc1cccc2c1oc1c(-c4ccc(C5(c6ccccc6)c6ccccc6-c6ccccc65)cc4)cccc12)c1ccccc1-3. The summed E-state index contributed by atoms with van der Waals surface area (Å²) in [6, 6.07) is 74.8. The predicted octanol–water partition coefficient (Wildman–Crippen LogP) is 15.9. The van der Waals surface area contributed by atoms with Crippen molar-refractivity contribution in [3.63, 3.8) is 0 Å². The average Bonchev–Trinajstić information content (AvgIpc) is 3.95. The third-order valence-electron chi connectivity index (χ3n) is 15.1. The Morgan fingerprint density at radius 3 is 1.75 bits per heavy atom. The fraction of sp³-hybridized carbons (Fsp3) is 0.129. The van der Waals surface area contributed by atoms with Crippen molar-refractivity contribution in [1.82, 2.24) is 0 Å². The molecule has 63 heavy (non-hydrogen) atoms. The zero-order valence-corrected chi connectivity index (χ0v) is 35.7. The van der Waals surface area contributed by atoms with Crippen LogP contribution in [-0.4, -0.2) is 0 Å². The lowest BCUT2D eigenvalue weighted by atomic mass is 9.67. The first-order valence-corrected chi connectivity index (χ1v) is 22.7. The molecule has 1 nitrogen and oxygen atoms in total. The molecule has 10 aromatic rings. The smallest absolute Gasteiger partial charge is 0.143 e. The molecule has 0 aliphatic heterocycles. The highest BCUT2D eigenvalue weighted by Gasteiger charge is 2.46. The molecule has 0 saturated carbocycles. The lowest BCUT2D eigenvalue weighted by Gasteiger charge is -2.34. The van der Waals surface area contributed by atoms with Gasteiger partial charge in [0.1, 0.15) is 11.2 Å².